The molecule has 7 nitrogen and oxygen atoms in total. The molecule has 0 unspecified atom stereocenters. The van der Waals surface area contributed by atoms with Gasteiger partial charge in [0.1, 0.15) is 0 Å². The third kappa shape index (κ3) is 5.99. The Balaban J connectivity index is 1.20. The van der Waals surface area contributed by atoms with E-state index in [0.29, 0.717) is 17.1 Å². The average Bonchev–Trinajstić information content (AvgIpc) is 3.39. The van der Waals surface area contributed by atoms with Crippen LogP contribution in [0.3, 0.4) is 0 Å². The molecule has 5 rings (SSSR count). The second kappa shape index (κ2) is 11.0. The number of thioether (sulfide) groups is 1. The predicted molar refractivity (Wildman–Crippen MR) is 148 cm³/mol. The van der Waals surface area contributed by atoms with Crippen molar-refractivity contribution in [2.45, 2.75) is 10.6 Å². The number of ether oxygens (including phenoxy) is 1. The van der Waals surface area contributed by atoms with E-state index in [4.69, 9.17) is 4.74 Å². The molecule has 0 radical (unpaired) electrons. The summed E-state index contributed by atoms with van der Waals surface area (Å²) in [5.74, 6) is 1.04. The van der Waals surface area contributed by atoms with Gasteiger partial charge in [-0.1, -0.05) is 24.3 Å². The van der Waals surface area contributed by atoms with Crippen LogP contribution in [-0.4, -0.2) is 33.3 Å². The number of hydrogen-bond donors (Lipinski definition) is 3. The first-order valence-corrected chi connectivity index (χ1v) is 12.5. The molecule has 184 valence electrons. The minimum atomic E-state index is -0.162. The molecule has 0 fully saturated rings. The Morgan fingerprint density at radius 3 is 2.86 bits per heavy atom. The summed E-state index contributed by atoms with van der Waals surface area (Å²) in [5, 5.41) is 21.1. The Labute approximate surface area is 218 Å². The van der Waals surface area contributed by atoms with Gasteiger partial charge in [0.15, 0.2) is 11.5 Å². The Morgan fingerprint density at radius 1 is 1.05 bits per heavy atom. The molecule has 0 bridgehead atoms. The Hall–Kier alpha value is -4.56. The van der Waals surface area contributed by atoms with Crippen molar-refractivity contribution in [2.75, 3.05) is 12.4 Å². The molecule has 5 aromatic rings. The molecule has 3 aromatic carbocycles. The van der Waals surface area contributed by atoms with Gasteiger partial charge in [0.25, 0.3) is 5.91 Å². The van der Waals surface area contributed by atoms with E-state index in [-0.39, 0.29) is 11.7 Å². The van der Waals surface area contributed by atoms with Gasteiger partial charge in [-0.15, -0.1) is 11.8 Å². The predicted octanol–water partition coefficient (Wildman–Crippen LogP) is 6.39. The van der Waals surface area contributed by atoms with E-state index in [0.717, 1.165) is 38.4 Å². The van der Waals surface area contributed by atoms with Crippen LogP contribution in [0.2, 0.25) is 0 Å². The molecule has 0 aliphatic heterocycles. The lowest BCUT2D eigenvalue weighted by atomic mass is 10.1. The number of phenols is 1. The number of pyridine rings is 1. The number of hydrogen-bond acceptors (Lipinski definition) is 6. The summed E-state index contributed by atoms with van der Waals surface area (Å²) in [6.07, 6.45) is 5.55. The smallest absolute Gasteiger partial charge is 0.255 e. The van der Waals surface area contributed by atoms with E-state index in [1.165, 1.54) is 7.11 Å². The van der Waals surface area contributed by atoms with E-state index in [2.05, 4.69) is 20.5 Å². The Morgan fingerprint density at radius 2 is 1.97 bits per heavy atom. The zero-order chi connectivity index (χ0) is 25.6. The zero-order valence-corrected chi connectivity index (χ0v) is 20.8. The minimum Gasteiger partial charge on any atom is -0.504 e. The molecule has 2 aromatic heterocycles. The van der Waals surface area contributed by atoms with Crippen molar-refractivity contribution in [1.82, 2.24) is 15.2 Å². The third-order valence-corrected chi connectivity index (χ3v) is 6.70. The van der Waals surface area contributed by atoms with Crippen molar-refractivity contribution >= 4 is 46.4 Å². The van der Waals surface area contributed by atoms with E-state index < -0.39 is 0 Å². The number of methoxy groups -OCH3 is 1. The number of amides is 1. The number of carbonyl (C=O) groups excluding carboxylic acids is 1. The standard InChI is InChI=1S/C29H24N4O3S/c1-36-28-14-19(8-12-27(28)34)7-9-23-17-24(33-32-23)18-37-25-6-2-4-21(16-25)29(35)31-22-10-11-26-20(15-22)5-3-13-30-26/h2-17,34H,18H2,1H3,(H,31,35)(H,32,33)/b9-7+. The number of fused-ring (bicyclic) bond motifs is 1. The van der Waals surface area contributed by atoms with E-state index in [9.17, 15) is 9.90 Å². The molecule has 0 saturated carbocycles. The fourth-order valence-electron chi connectivity index (χ4n) is 3.76. The SMILES string of the molecule is COc1cc(/C=C/c2cc(CSc3cccc(C(=O)Nc4ccc5ncccc5c4)c3)[nH]n2)ccc1O. The summed E-state index contributed by atoms with van der Waals surface area (Å²) in [6, 6.07) is 24.2. The van der Waals surface area contributed by atoms with Crippen LogP contribution in [0.4, 0.5) is 5.69 Å². The fraction of sp³-hybridized carbons (Fsp3) is 0.0690. The molecular formula is C29H24N4O3S. The molecular weight excluding hydrogens is 484 g/mol. The number of benzene rings is 3. The highest BCUT2D eigenvalue weighted by Crippen LogP contribution is 2.27. The lowest BCUT2D eigenvalue weighted by Crippen LogP contribution is -2.11. The number of carbonyl (C=O) groups is 1. The van der Waals surface area contributed by atoms with Gasteiger partial charge in [0.05, 0.1) is 18.3 Å². The van der Waals surface area contributed by atoms with Crippen molar-refractivity contribution in [3.63, 3.8) is 0 Å². The number of H-pyrrole nitrogens is 1. The normalized spacial score (nSPS) is 11.2. The maximum Gasteiger partial charge on any atom is 0.255 e. The Kier molecular flexibility index (Phi) is 7.19. The molecule has 0 aliphatic carbocycles. The lowest BCUT2D eigenvalue weighted by Gasteiger charge is -2.08. The highest BCUT2D eigenvalue weighted by Gasteiger charge is 2.09. The summed E-state index contributed by atoms with van der Waals surface area (Å²) in [4.78, 5) is 18.1. The molecule has 1 amide bonds. The number of aromatic hydroxyl groups is 1. The first kappa shape index (κ1) is 24.1. The number of phenolic OH excluding ortho intramolecular Hbond substituents is 1. The summed E-state index contributed by atoms with van der Waals surface area (Å²) in [5.41, 5.74) is 4.86. The summed E-state index contributed by atoms with van der Waals surface area (Å²) < 4.78 is 5.15. The molecule has 0 saturated heterocycles. The highest BCUT2D eigenvalue weighted by atomic mass is 32.2. The van der Waals surface area contributed by atoms with Crippen molar-refractivity contribution < 1.29 is 14.6 Å². The van der Waals surface area contributed by atoms with Crippen molar-refractivity contribution in [3.8, 4) is 11.5 Å². The topological polar surface area (TPSA) is 100 Å². The van der Waals surface area contributed by atoms with E-state index in [1.807, 2.05) is 66.7 Å². The number of aromatic nitrogens is 3. The van der Waals surface area contributed by atoms with E-state index >= 15 is 0 Å². The number of nitrogens with zero attached hydrogens (tertiary/aromatic N) is 2. The minimum absolute atomic E-state index is 0.103. The second-order valence-corrected chi connectivity index (χ2v) is 9.31. The number of anilines is 1. The van der Waals surface area contributed by atoms with Crippen LogP contribution in [0, 0.1) is 0 Å². The maximum absolute atomic E-state index is 12.8. The average molecular weight is 509 g/mol. The van der Waals surface area contributed by atoms with Gasteiger partial charge in [0.2, 0.25) is 0 Å². The van der Waals surface area contributed by atoms with Gasteiger partial charge in [-0.05, 0) is 72.3 Å². The first-order chi connectivity index (χ1) is 18.1. The van der Waals surface area contributed by atoms with Crippen LogP contribution < -0.4 is 10.1 Å². The third-order valence-electron chi connectivity index (χ3n) is 5.65. The summed E-state index contributed by atoms with van der Waals surface area (Å²) in [6.45, 7) is 0. The molecule has 0 spiro atoms. The van der Waals surface area contributed by atoms with Crippen LogP contribution >= 0.6 is 11.8 Å². The molecule has 0 aliphatic rings. The van der Waals surface area contributed by atoms with Crippen LogP contribution in [0.5, 0.6) is 11.5 Å². The van der Waals surface area contributed by atoms with Gasteiger partial charge in [-0.3, -0.25) is 14.9 Å². The molecule has 37 heavy (non-hydrogen) atoms. The molecule has 2 heterocycles. The van der Waals surface area contributed by atoms with E-state index in [1.54, 1.807) is 42.2 Å². The first-order valence-electron chi connectivity index (χ1n) is 11.6. The summed E-state index contributed by atoms with van der Waals surface area (Å²) in [7, 11) is 1.52. The van der Waals surface area contributed by atoms with Crippen LogP contribution in [0.25, 0.3) is 23.1 Å². The monoisotopic (exact) mass is 508 g/mol. The number of aromatic amines is 1. The van der Waals surface area contributed by atoms with Crippen LogP contribution in [0.15, 0.2) is 90.0 Å². The molecule has 3 N–H and O–H groups in total. The van der Waals surface area contributed by atoms with Crippen LogP contribution in [-0.2, 0) is 5.75 Å². The number of nitrogens with one attached hydrogen (secondary N) is 2. The van der Waals surface area contributed by atoms with Gasteiger partial charge in [0, 0.05) is 39.2 Å². The highest BCUT2D eigenvalue weighted by molar-refractivity contribution is 7.98. The zero-order valence-electron chi connectivity index (χ0n) is 20.0. The van der Waals surface area contributed by atoms with Gasteiger partial charge in [-0.25, -0.2) is 0 Å². The maximum atomic E-state index is 12.8. The van der Waals surface area contributed by atoms with Crippen molar-refractivity contribution in [3.05, 3.63) is 108 Å². The van der Waals surface area contributed by atoms with Gasteiger partial charge >= 0.3 is 0 Å². The summed E-state index contributed by atoms with van der Waals surface area (Å²) >= 11 is 1.62. The Bertz CT molecular complexity index is 1600. The second-order valence-electron chi connectivity index (χ2n) is 8.26. The molecule has 0 atom stereocenters. The fourth-order valence-corrected chi connectivity index (χ4v) is 4.62. The number of rotatable bonds is 8. The van der Waals surface area contributed by atoms with Gasteiger partial charge in [-0.2, -0.15) is 5.10 Å². The van der Waals surface area contributed by atoms with Crippen molar-refractivity contribution in [2.24, 2.45) is 0 Å². The quantitative estimate of drug-likeness (QED) is 0.210. The molecule has 8 heteroatoms. The van der Waals surface area contributed by atoms with Crippen molar-refractivity contribution in [1.29, 1.82) is 0 Å². The van der Waals surface area contributed by atoms with Gasteiger partial charge < -0.3 is 15.2 Å². The van der Waals surface area contributed by atoms with Crippen LogP contribution in [0.1, 0.15) is 27.3 Å². The largest absolute Gasteiger partial charge is 0.504 e. The lowest BCUT2D eigenvalue weighted by molar-refractivity contribution is 0.102.